The van der Waals surface area contributed by atoms with Crippen molar-refractivity contribution < 1.29 is 0 Å². The number of nitrogens with zero attached hydrogens (tertiary/aromatic N) is 2. The molecule has 0 aliphatic heterocycles. The van der Waals surface area contributed by atoms with Gasteiger partial charge in [-0.25, -0.2) is 0 Å². The van der Waals surface area contributed by atoms with Crippen molar-refractivity contribution in [2.24, 2.45) is 0 Å². The van der Waals surface area contributed by atoms with E-state index in [1.807, 2.05) is 12.1 Å². The molecule has 0 radical (unpaired) electrons. The molecule has 0 amide bonds. The molecule has 0 fully saturated rings. The zero-order valence-electron chi connectivity index (χ0n) is 10.5. The van der Waals surface area contributed by atoms with Crippen LogP contribution in [-0.4, -0.2) is 0 Å². The first kappa shape index (κ1) is 17.2. The van der Waals surface area contributed by atoms with Gasteiger partial charge in [0.25, 0.3) is 0 Å². The van der Waals surface area contributed by atoms with Gasteiger partial charge in [-0.2, -0.15) is 10.5 Å². The molecule has 0 saturated carbocycles. The molecule has 2 aromatic carbocycles. The van der Waals surface area contributed by atoms with Crippen LogP contribution in [0.1, 0.15) is 11.1 Å². The van der Waals surface area contributed by atoms with E-state index >= 15 is 0 Å². The fraction of sp³-hybridized carbons (Fsp3) is 0. The molecule has 22 heavy (non-hydrogen) atoms. The lowest BCUT2D eigenvalue weighted by Gasteiger charge is -2.15. The third-order valence-electron chi connectivity index (χ3n) is 2.74. The Labute approximate surface area is 155 Å². The molecule has 0 aliphatic carbocycles. The van der Waals surface area contributed by atoms with Crippen LogP contribution in [-0.2, 0) is 0 Å². The zero-order chi connectivity index (χ0) is 16.4. The highest BCUT2D eigenvalue weighted by atomic mass is 79.9. The predicted octanol–water partition coefficient (Wildman–Crippen LogP) is 6.55. The number of halogens is 5. The van der Waals surface area contributed by atoms with Crippen LogP contribution >= 0.6 is 62.3 Å². The van der Waals surface area contributed by atoms with Crippen LogP contribution in [0.4, 0.5) is 11.4 Å². The van der Waals surface area contributed by atoms with Gasteiger partial charge in [-0.15, -0.1) is 0 Å². The molecule has 0 atom stereocenters. The maximum absolute atomic E-state index is 9.18. The van der Waals surface area contributed by atoms with Crippen LogP contribution in [0.3, 0.4) is 0 Å². The molecule has 0 unspecified atom stereocenters. The number of nitriles is 2. The number of anilines is 2. The van der Waals surface area contributed by atoms with Gasteiger partial charge in [-0.3, -0.25) is 0 Å². The molecule has 2 rings (SSSR count). The summed E-state index contributed by atoms with van der Waals surface area (Å²) in [4.78, 5) is 0. The zero-order valence-corrected chi connectivity index (χ0v) is 15.1. The third kappa shape index (κ3) is 3.13. The Morgan fingerprint density at radius 3 is 2.05 bits per heavy atom. The standard InChI is InChI=1S/C14H4BrCl4N3/c15-6-1-2-10(9(16)3-6)22-14-12(18)8(5-21)7(4-20)11(17)13(14)19/h1-3,22H. The average molecular weight is 436 g/mol. The fourth-order valence-electron chi connectivity index (χ4n) is 1.71. The molecule has 0 aliphatic rings. The molecule has 0 aromatic heterocycles. The van der Waals surface area contributed by atoms with E-state index < -0.39 is 0 Å². The molecule has 1 N–H and O–H groups in total. The topological polar surface area (TPSA) is 59.6 Å². The Morgan fingerprint density at radius 1 is 0.909 bits per heavy atom. The van der Waals surface area contributed by atoms with E-state index in [1.54, 1.807) is 18.2 Å². The highest BCUT2D eigenvalue weighted by Crippen LogP contribution is 2.43. The van der Waals surface area contributed by atoms with E-state index in [9.17, 15) is 5.26 Å². The third-order valence-corrected chi connectivity index (χ3v) is 4.77. The van der Waals surface area contributed by atoms with Gasteiger partial charge in [0.15, 0.2) is 0 Å². The molecular weight excluding hydrogens is 432 g/mol. The molecule has 8 heteroatoms. The minimum atomic E-state index is -0.0633. The van der Waals surface area contributed by atoms with E-state index in [0.717, 1.165) is 4.47 Å². The second kappa shape index (κ2) is 6.96. The van der Waals surface area contributed by atoms with Crippen molar-refractivity contribution >= 4 is 73.7 Å². The molecular formula is C14H4BrCl4N3. The van der Waals surface area contributed by atoms with Gasteiger partial charge >= 0.3 is 0 Å². The van der Waals surface area contributed by atoms with Crippen LogP contribution in [0.2, 0.25) is 20.1 Å². The van der Waals surface area contributed by atoms with Crippen molar-refractivity contribution in [2.75, 3.05) is 5.32 Å². The summed E-state index contributed by atoms with van der Waals surface area (Å²) in [6.07, 6.45) is 0. The fourth-order valence-corrected chi connectivity index (χ4v) is 3.22. The number of hydrogen-bond acceptors (Lipinski definition) is 3. The minimum absolute atomic E-state index is 0.00688. The molecule has 2 aromatic rings. The number of nitrogens with one attached hydrogen (secondary N) is 1. The molecule has 0 bridgehead atoms. The average Bonchev–Trinajstić information content (AvgIpc) is 2.49. The quantitative estimate of drug-likeness (QED) is 0.544. The first-order valence-corrected chi connectivity index (χ1v) is 7.94. The van der Waals surface area contributed by atoms with Gasteiger partial charge in [0, 0.05) is 4.47 Å². The van der Waals surface area contributed by atoms with Gasteiger partial charge in [0.1, 0.15) is 12.1 Å². The van der Waals surface area contributed by atoms with E-state index in [-0.39, 0.29) is 31.9 Å². The van der Waals surface area contributed by atoms with Crippen LogP contribution in [0.25, 0.3) is 0 Å². The van der Waals surface area contributed by atoms with Crippen LogP contribution in [0, 0.1) is 22.7 Å². The number of benzene rings is 2. The van der Waals surface area contributed by atoms with Crippen molar-refractivity contribution in [3.05, 3.63) is 53.9 Å². The molecule has 0 saturated heterocycles. The second-order valence-corrected chi connectivity index (χ2v) is 6.50. The van der Waals surface area contributed by atoms with Gasteiger partial charge in [-0.1, -0.05) is 62.3 Å². The smallest absolute Gasteiger partial charge is 0.102 e. The molecule has 0 spiro atoms. The SMILES string of the molecule is N#Cc1c(Cl)c(Cl)c(Nc2ccc(Br)cc2Cl)c(Cl)c1C#N. The van der Waals surface area contributed by atoms with Crippen molar-refractivity contribution in [2.45, 2.75) is 0 Å². The predicted molar refractivity (Wildman–Crippen MR) is 93.3 cm³/mol. The highest BCUT2D eigenvalue weighted by Gasteiger charge is 2.22. The van der Waals surface area contributed by atoms with Crippen molar-refractivity contribution in [1.82, 2.24) is 0 Å². The second-order valence-electron chi connectivity index (χ2n) is 4.04. The van der Waals surface area contributed by atoms with Crippen molar-refractivity contribution in [3.63, 3.8) is 0 Å². The largest absolute Gasteiger partial charge is 0.352 e. The minimum Gasteiger partial charge on any atom is -0.352 e. The first-order chi connectivity index (χ1) is 10.4. The lowest BCUT2D eigenvalue weighted by molar-refractivity contribution is 1.42. The summed E-state index contributed by atoms with van der Waals surface area (Å²) in [5, 5.41) is 21.6. The van der Waals surface area contributed by atoms with Crippen LogP contribution in [0.15, 0.2) is 22.7 Å². The van der Waals surface area contributed by atoms with E-state index in [4.69, 9.17) is 51.7 Å². The summed E-state index contributed by atoms with van der Waals surface area (Å²) in [5.74, 6) is 0. The summed E-state index contributed by atoms with van der Waals surface area (Å²) in [7, 11) is 0. The van der Waals surface area contributed by atoms with E-state index in [0.29, 0.717) is 10.7 Å². The summed E-state index contributed by atoms with van der Waals surface area (Å²) in [6.45, 7) is 0. The van der Waals surface area contributed by atoms with Crippen molar-refractivity contribution in [1.29, 1.82) is 10.5 Å². The lowest BCUT2D eigenvalue weighted by Crippen LogP contribution is -1.98. The van der Waals surface area contributed by atoms with E-state index in [2.05, 4.69) is 21.2 Å². The van der Waals surface area contributed by atoms with Crippen molar-refractivity contribution in [3.8, 4) is 12.1 Å². The van der Waals surface area contributed by atoms with Gasteiger partial charge < -0.3 is 5.32 Å². The Morgan fingerprint density at radius 2 is 1.50 bits per heavy atom. The molecule has 3 nitrogen and oxygen atoms in total. The normalized spacial score (nSPS) is 9.95. The van der Waals surface area contributed by atoms with Crippen LogP contribution in [0.5, 0.6) is 0 Å². The van der Waals surface area contributed by atoms with E-state index in [1.165, 1.54) is 0 Å². The van der Waals surface area contributed by atoms with Gasteiger partial charge in [0.2, 0.25) is 0 Å². The lowest BCUT2D eigenvalue weighted by atomic mass is 10.1. The first-order valence-electron chi connectivity index (χ1n) is 5.63. The number of hydrogen-bond donors (Lipinski definition) is 1. The highest BCUT2D eigenvalue weighted by molar-refractivity contribution is 9.10. The monoisotopic (exact) mass is 433 g/mol. The Bertz CT molecular complexity index is 853. The number of rotatable bonds is 2. The molecule has 0 heterocycles. The van der Waals surface area contributed by atoms with Crippen LogP contribution < -0.4 is 5.32 Å². The summed E-state index contributed by atoms with van der Waals surface area (Å²) >= 11 is 27.8. The van der Waals surface area contributed by atoms with Gasteiger partial charge in [0.05, 0.1) is 42.6 Å². The Hall–Kier alpha value is -1.14. The van der Waals surface area contributed by atoms with Gasteiger partial charge in [-0.05, 0) is 18.2 Å². The Balaban J connectivity index is 2.65. The maximum atomic E-state index is 9.18. The summed E-state index contributed by atoms with van der Waals surface area (Å²) < 4.78 is 0.802. The Kier molecular flexibility index (Phi) is 5.45. The summed E-state index contributed by atoms with van der Waals surface area (Å²) in [6, 6.07) is 8.84. The maximum Gasteiger partial charge on any atom is 0.102 e. The summed E-state index contributed by atoms with van der Waals surface area (Å²) in [5.41, 5.74) is 0.632. The molecule has 110 valence electrons.